The Labute approximate surface area is 92.7 Å². The zero-order valence-electron chi connectivity index (χ0n) is 10.3. The van der Waals surface area contributed by atoms with Crippen molar-refractivity contribution in [1.29, 1.82) is 0 Å². The van der Waals surface area contributed by atoms with E-state index in [1.165, 1.54) is 0 Å². The van der Waals surface area contributed by atoms with Crippen LogP contribution in [0.25, 0.3) is 0 Å². The van der Waals surface area contributed by atoms with Crippen molar-refractivity contribution >= 4 is 5.96 Å². The Morgan fingerprint density at radius 2 is 2.20 bits per heavy atom. The van der Waals surface area contributed by atoms with Crippen LogP contribution < -0.4 is 11.3 Å². The molecule has 0 fully saturated rings. The Morgan fingerprint density at radius 1 is 1.53 bits per heavy atom. The van der Waals surface area contributed by atoms with Crippen molar-refractivity contribution in [3.05, 3.63) is 0 Å². The van der Waals surface area contributed by atoms with Gasteiger partial charge >= 0.3 is 0 Å². The number of nitrogens with one attached hydrogen (secondary N) is 1. The van der Waals surface area contributed by atoms with Crippen molar-refractivity contribution in [3.8, 4) is 0 Å². The summed E-state index contributed by atoms with van der Waals surface area (Å²) in [7, 11) is 3.67. The van der Waals surface area contributed by atoms with Crippen molar-refractivity contribution in [2.24, 2.45) is 16.8 Å². The summed E-state index contributed by atoms with van der Waals surface area (Å²) in [5, 5.41) is 0. The van der Waals surface area contributed by atoms with E-state index in [4.69, 9.17) is 10.6 Å². The van der Waals surface area contributed by atoms with E-state index >= 15 is 0 Å². The van der Waals surface area contributed by atoms with Crippen LogP contribution in [0, 0.1) is 5.92 Å². The molecule has 0 saturated heterocycles. The number of hydrogen-bond donors (Lipinski definition) is 2. The smallest absolute Gasteiger partial charge is 0.208 e. The van der Waals surface area contributed by atoms with E-state index in [0.717, 1.165) is 32.1 Å². The SMILES string of the molecule is COCCCN=C(NN)N(C)CC(C)C. The molecule has 0 aromatic heterocycles. The fourth-order valence-electron chi connectivity index (χ4n) is 1.30. The van der Waals surface area contributed by atoms with Gasteiger partial charge in [0.05, 0.1) is 0 Å². The van der Waals surface area contributed by atoms with Gasteiger partial charge < -0.3 is 9.64 Å². The minimum atomic E-state index is 0.590. The normalized spacial score (nSPS) is 12.0. The van der Waals surface area contributed by atoms with Crippen molar-refractivity contribution in [3.63, 3.8) is 0 Å². The predicted octanol–water partition coefficient (Wildman–Crippen LogP) is 0.430. The number of nitrogens with zero attached hydrogens (tertiary/aromatic N) is 2. The molecule has 0 aromatic rings. The summed E-state index contributed by atoms with van der Waals surface area (Å²) in [6, 6.07) is 0. The van der Waals surface area contributed by atoms with E-state index in [1.54, 1.807) is 7.11 Å². The van der Waals surface area contributed by atoms with E-state index in [9.17, 15) is 0 Å². The Hall–Kier alpha value is -0.810. The van der Waals surface area contributed by atoms with Gasteiger partial charge in [0.2, 0.25) is 5.96 Å². The molecule has 3 N–H and O–H groups in total. The highest BCUT2D eigenvalue weighted by molar-refractivity contribution is 5.79. The summed E-state index contributed by atoms with van der Waals surface area (Å²) < 4.78 is 4.95. The molecule has 0 spiro atoms. The summed E-state index contributed by atoms with van der Waals surface area (Å²) in [5.41, 5.74) is 2.62. The fourth-order valence-corrected chi connectivity index (χ4v) is 1.30. The lowest BCUT2D eigenvalue weighted by Crippen LogP contribution is -2.44. The van der Waals surface area contributed by atoms with E-state index in [0.29, 0.717) is 5.92 Å². The van der Waals surface area contributed by atoms with Crippen LogP contribution in [0.5, 0.6) is 0 Å². The van der Waals surface area contributed by atoms with Crippen molar-refractivity contribution in [1.82, 2.24) is 10.3 Å². The number of nitrogens with two attached hydrogens (primary N) is 1. The van der Waals surface area contributed by atoms with Crippen LogP contribution in [0.4, 0.5) is 0 Å². The first-order valence-corrected chi connectivity index (χ1v) is 5.33. The van der Waals surface area contributed by atoms with Gasteiger partial charge in [-0.25, -0.2) is 5.84 Å². The maximum Gasteiger partial charge on any atom is 0.208 e. The average Bonchev–Trinajstić information content (AvgIpc) is 2.16. The second-order valence-corrected chi connectivity index (χ2v) is 3.97. The predicted molar refractivity (Wildman–Crippen MR) is 63.6 cm³/mol. The van der Waals surface area contributed by atoms with Crippen molar-refractivity contribution in [2.75, 3.05) is 33.9 Å². The quantitative estimate of drug-likeness (QED) is 0.222. The highest BCUT2D eigenvalue weighted by Gasteiger charge is 2.05. The van der Waals surface area contributed by atoms with Crippen molar-refractivity contribution in [2.45, 2.75) is 20.3 Å². The number of hydrazine groups is 1. The van der Waals surface area contributed by atoms with Gasteiger partial charge in [-0.3, -0.25) is 10.4 Å². The van der Waals surface area contributed by atoms with Crippen LogP contribution in [0.3, 0.4) is 0 Å². The first-order chi connectivity index (χ1) is 7.11. The van der Waals surface area contributed by atoms with Gasteiger partial charge in [-0.15, -0.1) is 0 Å². The van der Waals surface area contributed by atoms with Crippen LogP contribution in [-0.2, 0) is 4.74 Å². The van der Waals surface area contributed by atoms with E-state index in [2.05, 4.69) is 24.3 Å². The number of methoxy groups -OCH3 is 1. The van der Waals surface area contributed by atoms with Gasteiger partial charge in [0.15, 0.2) is 0 Å². The third-order valence-corrected chi connectivity index (χ3v) is 1.90. The lowest BCUT2D eigenvalue weighted by Gasteiger charge is -2.22. The topological polar surface area (TPSA) is 62.9 Å². The summed E-state index contributed by atoms with van der Waals surface area (Å²) in [4.78, 5) is 6.38. The third kappa shape index (κ3) is 7.16. The molecule has 0 radical (unpaired) electrons. The standard InChI is InChI=1S/C10H24N4O/c1-9(2)8-14(3)10(13-11)12-6-5-7-15-4/h9H,5-8,11H2,1-4H3,(H,12,13). The molecule has 0 aliphatic carbocycles. The fraction of sp³-hybridized carbons (Fsp3) is 0.900. The molecule has 0 atom stereocenters. The van der Waals surface area contributed by atoms with E-state index in [-0.39, 0.29) is 0 Å². The second-order valence-electron chi connectivity index (χ2n) is 3.97. The average molecular weight is 216 g/mol. The molecule has 0 bridgehead atoms. The van der Waals surface area contributed by atoms with Gasteiger partial charge in [0.25, 0.3) is 0 Å². The molecule has 15 heavy (non-hydrogen) atoms. The van der Waals surface area contributed by atoms with Gasteiger partial charge in [-0.2, -0.15) is 0 Å². The molecule has 0 amide bonds. The van der Waals surface area contributed by atoms with Crippen LogP contribution >= 0.6 is 0 Å². The second kappa shape index (κ2) is 8.49. The molecule has 0 aromatic carbocycles. The summed E-state index contributed by atoms with van der Waals surface area (Å²) in [6.45, 7) is 6.73. The molecule has 0 aliphatic rings. The zero-order chi connectivity index (χ0) is 11.7. The number of guanidine groups is 1. The summed E-state index contributed by atoms with van der Waals surface area (Å²) >= 11 is 0. The molecule has 0 aliphatic heterocycles. The molecule has 5 nitrogen and oxygen atoms in total. The van der Waals surface area contributed by atoms with Crippen LogP contribution in [0.1, 0.15) is 20.3 Å². The molecular formula is C10H24N4O. The lowest BCUT2D eigenvalue weighted by atomic mass is 10.2. The molecule has 5 heteroatoms. The van der Waals surface area contributed by atoms with Gasteiger partial charge in [0.1, 0.15) is 0 Å². The van der Waals surface area contributed by atoms with Gasteiger partial charge in [-0.05, 0) is 12.3 Å². The Bertz CT molecular complexity index is 182. The number of ether oxygens (including phenoxy) is 1. The van der Waals surface area contributed by atoms with Crippen molar-refractivity contribution < 1.29 is 4.74 Å². The largest absolute Gasteiger partial charge is 0.385 e. The third-order valence-electron chi connectivity index (χ3n) is 1.90. The van der Waals surface area contributed by atoms with Crippen LogP contribution in [0.15, 0.2) is 4.99 Å². The number of rotatable bonds is 6. The molecule has 90 valence electrons. The highest BCUT2D eigenvalue weighted by Crippen LogP contribution is 1.96. The minimum absolute atomic E-state index is 0.590. The number of aliphatic imine (C=N–C) groups is 1. The Balaban J connectivity index is 3.97. The Morgan fingerprint density at radius 3 is 2.67 bits per heavy atom. The van der Waals surface area contributed by atoms with E-state index < -0.39 is 0 Å². The maximum atomic E-state index is 5.41. The Kier molecular flexibility index (Phi) is 8.04. The first-order valence-electron chi connectivity index (χ1n) is 5.33. The summed E-state index contributed by atoms with van der Waals surface area (Å²) in [6.07, 6.45) is 0.914. The first kappa shape index (κ1) is 14.2. The van der Waals surface area contributed by atoms with Gasteiger partial charge in [-0.1, -0.05) is 13.8 Å². The van der Waals surface area contributed by atoms with Gasteiger partial charge in [0, 0.05) is 33.9 Å². The zero-order valence-corrected chi connectivity index (χ0v) is 10.3. The highest BCUT2D eigenvalue weighted by atomic mass is 16.5. The van der Waals surface area contributed by atoms with Crippen LogP contribution in [0.2, 0.25) is 0 Å². The molecule has 0 saturated carbocycles. The molecular weight excluding hydrogens is 192 g/mol. The number of hydrogen-bond acceptors (Lipinski definition) is 3. The van der Waals surface area contributed by atoms with E-state index in [1.807, 2.05) is 11.9 Å². The van der Waals surface area contributed by atoms with Crippen LogP contribution in [-0.4, -0.2) is 44.7 Å². The monoisotopic (exact) mass is 216 g/mol. The molecule has 0 rings (SSSR count). The molecule has 0 unspecified atom stereocenters. The summed E-state index contributed by atoms with van der Waals surface area (Å²) in [5.74, 6) is 6.74. The minimum Gasteiger partial charge on any atom is -0.385 e. The molecule has 0 heterocycles. The maximum absolute atomic E-state index is 5.41. The lowest BCUT2D eigenvalue weighted by molar-refractivity contribution is 0.197.